The van der Waals surface area contributed by atoms with Gasteiger partial charge in [-0.25, -0.2) is 0 Å². The Balaban J connectivity index is 3.02. The monoisotopic (exact) mass is 220 g/mol. The van der Waals surface area contributed by atoms with Crippen molar-refractivity contribution in [1.29, 1.82) is 0 Å². The molecule has 0 spiro atoms. The van der Waals surface area contributed by atoms with Gasteiger partial charge in [0.1, 0.15) is 6.29 Å². The van der Waals surface area contributed by atoms with Crippen LogP contribution < -0.4 is 9.47 Å². The van der Waals surface area contributed by atoms with Crippen LogP contribution in [0.3, 0.4) is 0 Å². The fourth-order valence-corrected chi connectivity index (χ4v) is 1.18. The zero-order valence-corrected chi connectivity index (χ0v) is 9.82. The van der Waals surface area contributed by atoms with Crippen molar-refractivity contribution in [3.8, 4) is 11.5 Å². The fraction of sp³-hybridized carbons (Fsp3) is 0.308. The molecule has 16 heavy (non-hydrogen) atoms. The maximum atomic E-state index is 10.6. The summed E-state index contributed by atoms with van der Waals surface area (Å²) in [6.45, 7) is 6.19. The Bertz CT molecular complexity index is 394. The summed E-state index contributed by atoms with van der Waals surface area (Å²) in [6.07, 6.45) is 2.65. The zero-order valence-electron chi connectivity index (χ0n) is 9.82. The van der Waals surface area contributed by atoms with Gasteiger partial charge in [-0.15, -0.1) is 0 Å². The third-order valence-corrected chi connectivity index (χ3v) is 2.08. The first-order valence-corrected chi connectivity index (χ1v) is 5.24. The molecule has 0 bridgehead atoms. The molecule has 1 aromatic rings. The number of hydrogen-bond acceptors (Lipinski definition) is 3. The molecule has 0 amide bonds. The van der Waals surface area contributed by atoms with Gasteiger partial charge in [0.25, 0.3) is 0 Å². The number of rotatable bonds is 5. The number of carbonyl (C=O) groups is 1. The lowest BCUT2D eigenvalue weighted by molar-refractivity contribution is 0.112. The van der Waals surface area contributed by atoms with E-state index >= 15 is 0 Å². The van der Waals surface area contributed by atoms with Gasteiger partial charge in [0.2, 0.25) is 0 Å². The first-order valence-electron chi connectivity index (χ1n) is 5.24. The van der Waals surface area contributed by atoms with E-state index in [1.807, 2.05) is 26.8 Å². The second kappa shape index (κ2) is 5.95. The molecule has 1 rings (SSSR count). The van der Waals surface area contributed by atoms with E-state index in [0.717, 1.165) is 12.0 Å². The van der Waals surface area contributed by atoms with Gasteiger partial charge in [0, 0.05) is 5.56 Å². The lowest BCUT2D eigenvalue weighted by atomic mass is 10.2. The molecule has 0 heterocycles. The predicted molar refractivity (Wildman–Crippen MR) is 63.1 cm³/mol. The van der Waals surface area contributed by atoms with E-state index in [1.165, 1.54) is 0 Å². The van der Waals surface area contributed by atoms with Crippen LogP contribution >= 0.6 is 0 Å². The van der Waals surface area contributed by atoms with E-state index in [2.05, 4.69) is 0 Å². The Hall–Kier alpha value is -1.77. The zero-order chi connectivity index (χ0) is 12.0. The molecule has 0 saturated carbocycles. The van der Waals surface area contributed by atoms with E-state index in [4.69, 9.17) is 9.47 Å². The number of hydrogen-bond donors (Lipinski definition) is 0. The van der Waals surface area contributed by atoms with E-state index in [-0.39, 0.29) is 0 Å². The van der Waals surface area contributed by atoms with Crippen LogP contribution in [-0.4, -0.2) is 12.9 Å². The van der Waals surface area contributed by atoms with Crippen molar-refractivity contribution in [2.45, 2.75) is 20.8 Å². The summed E-state index contributed by atoms with van der Waals surface area (Å²) in [6, 6.07) is 5.12. The molecule has 0 aliphatic heterocycles. The number of allylic oxidation sites excluding steroid dienone is 2. The van der Waals surface area contributed by atoms with Crippen molar-refractivity contribution in [2.75, 3.05) is 6.61 Å². The summed E-state index contributed by atoms with van der Waals surface area (Å²) in [4.78, 5) is 10.6. The van der Waals surface area contributed by atoms with Crippen molar-refractivity contribution >= 4 is 6.29 Å². The largest absolute Gasteiger partial charge is 0.490 e. The van der Waals surface area contributed by atoms with E-state index in [0.29, 0.717) is 23.7 Å². The minimum absolute atomic E-state index is 0.535. The Morgan fingerprint density at radius 1 is 1.38 bits per heavy atom. The summed E-state index contributed by atoms with van der Waals surface area (Å²) in [5, 5.41) is 0. The third kappa shape index (κ3) is 3.12. The van der Waals surface area contributed by atoms with Crippen LogP contribution in [0.15, 0.2) is 30.0 Å². The summed E-state index contributed by atoms with van der Waals surface area (Å²) < 4.78 is 11.0. The van der Waals surface area contributed by atoms with E-state index in [1.54, 1.807) is 18.2 Å². The molecule has 0 aromatic heterocycles. The molecule has 1 aromatic carbocycles. The second-order valence-electron chi connectivity index (χ2n) is 3.26. The average molecular weight is 220 g/mol. The van der Waals surface area contributed by atoms with Crippen molar-refractivity contribution in [3.05, 3.63) is 35.6 Å². The summed E-state index contributed by atoms with van der Waals surface area (Å²) in [7, 11) is 0. The van der Waals surface area contributed by atoms with Gasteiger partial charge in [-0.1, -0.05) is 0 Å². The van der Waals surface area contributed by atoms with Crippen molar-refractivity contribution in [1.82, 2.24) is 0 Å². The molecule has 0 atom stereocenters. The minimum Gasteiger partial charge on any atom is -0.490 e. The fourth-order valence-electron chi connectivity index (χ4n) is 1.18. The van der Waals surface area contributed by atoms with Crippen molar-refractivity contribution in [2.24, 2.45) is 0 Å². The van der Waals surface area contributed by atoms with Gasteiger partial charge in [0.15, 0.2) is 11.5 Å². The van der Waals surface area contributed by atoms with Crippen molar-refractivity contribution in [3.63, 3.8) is 0 Å². The quantitative estimate of drug-likeness (QED) is 0.564. The highest BCUT2D eigenvalue weighted by Crippen LogP contribution is 2.29. The maximum Gasteiger partial charge on any atom is 0.168 e. The highest BCUT2D eigenvalue weighted by Gasteiger charge is 2.06. The molecule has 3 nitrogen and oxygen atoms in total. The summed E-state index contributed by atoms with van der Waals surface area (Å²) in [5.74, 6) is 2.01. The molecule has 0 aliphatic rings. The first-order chi connectivity index (χ1) is 7.71. The van der Waals surface area contributed by atoms with E-state index in [9.17, 15) is 4.79 Å². The smallest absolute Gasteiger partial charge is 0.168 e. The molecule has 0 unspecified atom stereocenters. The van der Waals surface area contributed by atoms with Gasteiger partial charge in [-0.05, 0) is 45.0 Å². The Labute approximate surface area is 95.7 Å². The SMILES string of the molecule is CC=C(C)Oc1ccc(C=O)cc1OCC. The van der Waals surface area contributed by atoms with Crippen molar-refractivity contribution < 1.29 is 14.3 Å². The lowest BCUT2D eigenvalue weighted by Gasteiger charge is -2.11. The number of ether oxygens (including phenoxy) is 2. The molecule has 3 heteroatoms. The van der Waals surface area contributed by atoms with Crippen LogP contribution in [0.2, 0.25) is 0 Å². The summed E-state index contributed by atoms with van der Waals surface area (Å²) in [5.41, 5.74) is 0.578. The molecular formula is C13H16O3. The molecule has 0 fully saturated rings. The molecule has 86 valence electrons. The Morgan fingerprint density at radius 2 is 2.12 bits per heavy atom. The molecular weight excluding hydrogens is 204 g/mol. The van der Waals surface area contributed by atoms with Crippen LogP contribution in [0, 0.1) is 0 Å². The molecule has 0 saturated heterocycles. The minimum atomic E-state index is 0.535. The Kier molecular flexibility index (Phi) is 4.58. The van der Waals surface area contributed by atoms with Gasteiger partial charge >= 0.3 is 0 Å². The molecule has 0 aliphatic carbocycles. The van der Waals surface area contributed by atoms with Gasteiger partial charge in [-0.2, -0.15) is 0 Å². The first kappa shape index (κ1) is 12.3. The maximum absolute atomic E-state index is 10.6. The Morgan fingerprint density at radius 3 is 2.69 bits per heavy atom. The molecule has 0 N–H and O–H groups in total. The number of aldehydes is 1. The summed E-state index contributed by atoms with van der Waals surface area (Å²) >= 11 is 0. The van der Waals surface area contributed by atoms with E-state index < -0.39 is 0 Å². The topological polar surface area (TPSA) is 35.5 Å². The standard InChI is InChI=1S/C13H16O3/c1-4-10(3)16-12-7-6-11(9-14)8-13(12)15-5-2/h4,6-9H,5H2,1-3H3. The highest BCUT2D eigenvalue weighted by atomic mass is 16.5. The van der Waals surface area contributed by atoms with Gasteiger partial charge in [-0.3, -0.25) is 4.79 Å². The van der Waals surface area contributed by atoms with Gasteiger partial charge < -0.3 is 9.47 Å². The van der Waals surface area contributed by atoms with Crippen LogP contribution in [0.4, 0.5) is 0 Å². The average Bonchev–Trinajstić information content (AvgIpc) is 2.31. The molecule has 0 radical (unpaired) electrons. The normalized spacial score (nSPS) is 11.1. The predicted octanol–water partition coefficient (Wildman–Crippen LogP) is 3.20. The van der Waals surface area contributed by atoms with Gasteiger partial charge in [0.05, 0.1) is 12.4 Å². The number of benzene rings is 1. The number of carbonyl (C=O) groups excluding carboxylic acids is 1. The third-order valence-electron chi connectivity index (χ3n) is 2.08. The highest BCUT2D eigenvalue weighted by molar-refractivity contribution is 5.76. The van der Waals surface area contributed by atoms with Crippen LogP contribution in [0.25, 0.3) is 0 Å². The second-order valence-corrected chi connectivity index (χ2v) is 3.26. The van der Waals surface area contributed by atoms with Crippen LogP contribution in [-0.2, 0) is 0 Å². The lowest BCUT2D eigenvalue weighted by Crippen LogP contribution is -1.98. The van der Waals surface area contributed by atoms with Crippen LogP contribution in [0.1, 0.15) is 31.1 Å². The van der Waals surface area contributed by atoms with Crippen LogP contribution in [0.5, 0.6) is 11.5 Å².